The number of carboxylic acids is 2. The van der Waals surface area contributed by atoms with Gasteiger partial charge >= 0.3 is 11.9 Å². The van der Waals surface area contributed by atoms with Gasteiger partial charge in [0, 0.05) is 18.9 Å². The highest BCUT2D eigenvalue weighted by Crippen LogP contribution is 2.09. The van der Waals surface area contributed by atoms with Crippen LogP contribution in [-0.2, 0) is 35.2 Å². The summed E-state index contributed by atoms with van der Waals surface area (Å²) in [5.74, 6) is -5.73. The molecule has 0 heterocycles. The Balaban J connectivity index is 2.72. The van der Waals surface area contributed by atoms with Gasteiger partial charge in [0.25, 0.3) is 0 Å². The minimum absolute atomic E-state index is 0.0670. The molecule has 4 amide bonds. The molecule has 8 N–H and O–H groups in total. The maximum atomic E-state index is 12.9. The molecule has 1 aromatic carbocycles. The zero-order valence-corrected chi connectivity index (χ0v) is 24.6. The molecule has 0 radical (unpaired) electrons. The number of amides is 4. The number of nitrogens with one attached hydrogen (secondary N) is 4. The number of hydrogen-bond acceptors (Lipinski definition) is 7. The van der Waals surface area contributed by atoms with Crippen molar-refractivity contribution >= 4 is 35.6 Å². The van der Waals surface area contributed by atoms with Crippen molar-refractivity contribution in [3.63, 3.8) is 0 Å². The second-order valence-corrected chi connectivity index (χ2v) is 10.6. The topological polar surface area (TPSA) is 217 Å². The zero-order valence-electron chi connectivity index (χ0n) is 24.6. The fraction of sp³-hybridized carbons (Fsp3) is 0.586. The number of rotatable bonds is 21. The van der Waals surface area contributed by atoms with E-state index in [1.54, 1.807) is 0 Å². The third-order valence-electron chi connectivity index (χ3n) is 6.44. The highest BCUT2D eigenvalue weighted by molar-refractivity contribution is 5.93. The van der Waals surface area contributed by atoms with Gasteiger partial charge in [0.15, 0.2) is 0 Å². The van der Waals surface area contributed by atoms with Gasteiger partial charge in [-0.25, -0.2) is 4.79 Å². The Morgan fingerprint density at radius 2 is 1.43 bits per heavy atom. The average Bonchev–Trinajstić information content (AvgIpc) is 2.90. The Bertz CT molecular complexity index is 1060. The third kappa shape index (κ3) is 15.7. The molecule has 42 heavy (non-hydrogen) atoms. The van der Waals surface area contributed by atoms with Crippen molar-refractivity contribution in [2.24, 2.45) is 5.73 Å². The summed E-state index contributed by atoms with van der Waals surface area (Å²) in [4.78, 5) is 72.7. The summed E-state index contributed by atoms with van der Waals surface area (Å²) < 4.78 is 0. The van der Waals surface area contributed by atoms with Gasteiger partial charge in [-0.15, -0.1) is 0 Å². The second kappa shape index (κ2) is 19.2. The molecule has 0 aliphatic heterocycles. The smallest absolute Gasteiger partial charge is 0.326 e. The molecule has 0 saturated carbocycles. The minimum atomic E-state index is -1.69. The van der Waals surface area contributed by atoms with Crippen LogP contribution in [0.2, 0.25) is 0 Å². The summed E-state index contributed by atoms with van der Waals surface area (Å²) in [6.07, 6.45) is 1.33. The summed E-state index contributed by atoms with van der Waals surface area (Å²) in [5, 5.41) is 29.0. The van der Waals surface area contributed by atoms with Gasteiger partial charge < -0.3 is 37.2 Å². The Kier molecular flexibility index (Phi) is 16.5. The van der Waals surface area contributed by atoms with Crippen LogP contribution in [0.3, 0.4) is 0 Å². The third-order valence-corrected chi connectivity index (χ3v) is 6.44. The van der Waals surface area contributed by atoms with Crippen LogP contribution in [0.4, 0.5) is 0 Å². The molecule has 0 spiro atoms. The Hall–Kier alpha value is -4.00. The number of unbranched alkanes of at least 4 members (excludes halogenated alkanes) is 1. The summed E-state index contributed by atoms with van der Waals surface area (Å²) >= 11 is 0. The van der Waals surface area contributed by atoms with E-state index in [1.807, 2.05) is 45.0 Å². The number of benzene rings is 1. The second-order valence-electron chi connectivity index (χ2n) is 10.6. The molecule has 1 aromatic rings. The SMILES string of the molecule is Cc1ccc(CCCC(=O)NC(CCC(=O)O)C(=O)NC(CC(=O)NC(CCCCNC(C)C)C(N)=O)C(=O)O)cc1. The van der Waals surface area contributed by atoms with Crippen molar-refractivity contribution < 1.29 is 39.0 Å². The highest BCUT2D eigenvalue weighted by Gasteiger charge is 2.29. The van der Waals surface area contributed by atoms with E-state index in [-0.39, 0.29) is 19.3 Å². The molecule has 3 unspecified atom stereocenters. The summed E-state index contributed by atoms with van der Waals surface area (Å²) in [5.41, 5.74) is 7.54. The van der Waals surface area contributed by atoms with Crippen LogP contribution in [0, 0.1) is 6.92 Å². The van der Waals surface area contributed by atoms with Gasteiger partial charge in [-0.2, -0.15) is 0 Å². The average molecular weight is 592 g/mol. The molecule has 13 heteroatoms. The van der Waals surface area contributed by atoms with Crippen LogP contribution in [0.1, 0.15) is 76.3 Å². The first-order valence-electron chi connectivity index (χ1n) is 14.2. The van der Waals surface area contributed by atoms with E-state index in [2.05, 4.69) is 21.3 Å². The predicted octanol–water partition coefficient (Wildman–Crippen LogP) is 0.765. The largest absolute Gasteiger partial charge is 0.481 e. The minimum Gasteiger partial charge on any atom is -0.481 e. The van der Waals surface area contributed by atoms with Crippen molar-refractivity contribution in [1.82, 2.24) is 21.3 Å². The molecule has 0 fully saturated rings. The molecule has 1 rings (SSSR count). The first kappa shape index (κ1) is 36.0. The number of primary amides is 1. The van der Waals surface area contributed by atoms with Crippen molar-refractivity contribution in [3.05, 3.63) is 35.4 Å². The van der Waals surface area contributed by atoms with Crippen LogP contribution in [0.25, 0.3) is 0 Å². The number of carbonyl (C=O) groups excluding carboxylic acids is 4. The van der Waals surface area contributed by atoms with E-state index >= 15 is 0 Å². The highest BCUT2D eigenvalue weighted by atomic mass is 16.4. The lowest BCUT2D eigenvalue weighted by Gasteiger charge is -2.22. The van der Waals surface area contributed by atoms with Gasteiger partial charge in [0.2, 0.25) is 23.6 Å². The molecule has 0 aliphatic carbocycles. The van der Waals surface area contributed by atoms with Gasteiger partial charge in [-0.05, 0) is 57.6 Å². The molecule has 0 aliphatic rings. The standard InChI is InChI=1S/C29H45N5O8/c1-18(2)31-16-5-4-8-21(27(30)39)32-25(36)17-23(29(41)42)34-28(40)22(14-15-26(37)38)33-24(35)9-6-7-20-12-10-19(3)11-13-20/h10-13,18,21-23,31H,4-9,14-17H2,1-3H3,(H2,30,39)(H,32,36)(H,33,35)(H,34,40)(H,37,38)(H,41,42). The maximum Gasteiger partial charge on any atom is 0.326 e. The monoisotopic (exact) mass is 591 g/mol. The van der Waals surface area contributed by atoms with E-state index < -0.39 is 66.5 Å². The Morgan fingerprint density at radius 1 is 0.786 bits per heavy atom. The van der Waals surface area contributed by atoms with Crippen molar-refractivity contribution in [2.75, 3.05) is 6.54 Å². The molecule has 234 valence electrons. The Labute approximate surface area is 246 Å². The number of nitrogens with two attached hydrogens (primary N) is 1. The molecule has 3 atom stereocenters. The van der Waals surface area contributed by atoms with Crippen molar-refractivity contribution in [1.29, 1.82) is 0 Å². The predicted molar refractivity (Wildman–Crippen MR) is 155 cm³/mol. The maximum absolute atomic E-state index is 12.9. The van der Waals surface area contributed by atoms with E-state index in [0.29, 0.717) is 25.3 Å². The van der Waals surface area contributed by atoms with Crippen LogP contribution < -0.4 is 27.0 Å². The van der Waals surface area contributed by atoms with Crippen LogP contribution >= 0.6 is 0 Å². The van der Waals surface area contributed by atoms with E-state index in [1.165, 1.54) is 0 Å². The lowest BCUT2D eigenvalue weighted by molar-refractivity contribution is -0.144. The summed E-state index contributed by atoms with van der Waals surface area (Å²) in [6, 6.07) is 4.11. The quantitative estimate of drug-likeness (QED) is 0.100. The van der Waals surface area contributed by atoms with Crippen molar-refractivity contribution in [2.45, 2.75) is 103 Å². The Morgan fingerprint density at radius 3 is 2.00 bits per heavy atom. The number of carboxylic acid groups (broad SMARTS) is 2. The van der Waals surface area contributed by atoms with E-state index in [9.17, 15) is 33.9 Å². The summed E-state index contributed by atoms with van der Waals surface area (Å²) in [7, 11) is 0. The fourth-order valence-corrected chi connectivity index (χ4v) is 4.07. The fourth-order valence-electron chi connectivity index (χ4n) is 4.07. The zero-order chi connectivity index (χ0) is 31.7. The molecule has 0 bridgehead atoms. The van der Waals surface area contributed by atoms with Gasteiger partial charge in [0.1, 0.15) is 18.1 Å². The van der Waals surface area contributed by atoms with Gasteiger partial charge in [-0.1, -0.05) is 43.7 Å². The molecular formula is C29H45N5O8. The molecular weight excluding hydrogens is 546 g/mol. The lowest BCUT2D eigenvalue weighted by atomic mass is 10.1. The normalized spacial score (nSPS) is 13.0. The van der Waals surface area contributed by atoms with Crippen molar-refractivity contribution in [3.8, 4) is 0 Å². The first-order chi connectivity index (χ1) is 19.8. The first-order valence-corrected chi connectivity index (χ1v) is 14.2. The van der Waals surface area contributed by atoms with Crippen LogP contribution in [-0.4, -0.2) is 76.5 Å². The van der Waals surface area contributed by atoms with Crippen LogP contribution in [0.15, 0.2) is 24.3 Å². The van der Waals surface area contributed by atoms with Gasteiger partial charge in [-0.3, -0.25) is 24.0 Å². The number of aliphatic carboxylic acids is 2. The molecule has 0 saturated heterocycles. The molecule has 0 aromatic heterocycles. The summed E-state index contributed by atoms with van der Waals surface area (Å²) in [6.45, 7) is 6.68. The number of aryl methyl sites for hydroxylation is 2. The van der Waals surface area contributed by atoms with E-state index in [4.69, 9.17) is 10.8 Å². The number of hydrogen-bond donors (Lipinski definition) is 7. The number of carbonyl (C=O) groups is 6. The molecule has 13 nitrogen and oxygen atoms in total. The lowest BCUT2D eigenvalue weighted by Crippen LogP contribution is -2.53. The van der Waals surface area contributed by atoms with E-state index in [0.717, 1.165) is 24.1 Å². The van der Waals surface area contributed by atoms with Gasteiger partial charge in [0.05, 0.1) is 6.42 Å². The van der Waals surface area contributed by atoms with Crippen LogP contribution in [0.5, 0.6) is 0 Å².